The zero-order valence-electron chi connectivity index (χ0n) is 17.8. The highest BCUT2D eigenvalue weighted by Gasteiger charge is 2.17. The first-order valence-electron chi connectivity index (χ1n) is 10.4. The molecule has 1 fully saturated rings. The highest BCUT2D eigenvalue weighted by molar-refractivity contribution is 5.23. The van der Waals surface area contributed by atoms with Crippen molar-refractivity contribution in [2.24, 2.45) is 11.3 Å². The summed E-state index contributed by atoms with van der Waals surface area (Å²) in [6, 6.07) is 9.25. The Labute approximate surface area is 161 Å². The quantitative estimate of drug-likeness (QED) is 0.605. The van der Waals surface area contributed by atoms with Crippen molar-refractivity contribution in [3.63, 3.8) is 0 Å². The number of hydrogen-bond donors (Lipinski definition) is 0. The minimum atomic E-state index is 0.357. The molecule has 0 N–H and O–H groups in total. The molecule has 0 atom stereocenters. The molecule has 1 aromatic carbocycles. The Morgan fingerprint density at radius 2 is 1.46 bits per heavy atom. The smallest absolute Gasteiger partial charge is 0.0593 e. The molecule has 1 aliphatic heterocycles. The minimum Gasteiger partial charge on any atom is -0.380 e. The minimum absolute atomic E-state index is 0.357. The molecule has 0 saturated carbocycles. The molecule has 3 nitrogen and oxygen atoms in total. The van der Waals surface area contributed by atoms with Gasteiger partial charge in [-0.2, -0.15) is 0 Å². The van der Waals surface area contributed by atoms with Crippen molar-refractivity contribution < 1.29 is 4.74 Å². The fourth-order valence-corrected chi connectivity index (χ4v) is 3.42. The summed E-state index contributed by atoms with van der Waals surface area (Å²) in [7, 11) is 0. The van der Waals surface area contributed by atoms with Gasteiger partial charge in [0.2, 0.25) is 0 Å². The van der Waals surface area contributed by atoms with Crippen molar-refractivity contribution >= 4 is 0 Å². The molecule has 0 aliphatic carbocycles. The third kappa shape index (κ3) is 8.66. The third-order valence-electron chi connectivity index (χ3n) is 5.02. The fourth-order valence-electron chi connectivity index (χ4n) is 3.42. The molecule has 26 heavy (non-hydrogen) atoms. The zero-order chi connectivity index (χ0) is 19.0. The van der Waals surface area contributed by atoms with E-state index in [4.69, 9.17) is 4.74 Å². The Bertz CT molecular complexity index is 496. The first kappa shape index (κ1) is 21.4. The summed E-state index contributed by atoms with van der Waals surface area (Å²) in [6.07, 6.45) is 2.31. The molecule has 0 bridgehead atoms. The van der Waals surface area contributed by atoms with Crippen LogP contribution < -0.4 is 0 Å². The summed E-state index contributed by atoms with van der Waals surface area (Å²) in [4.78, 5) is 5.12. The van der Waals surface area contributed by atoms with Crippen LogP contribution in [0.2, 0.25) is 0 Å². The van der Waals surface area contributed by atoms with Crippen LogP contribution in [0.4, 0.5) is 0 Å². The van der Waals surface area contributed by atoms with Crippen molar-refractivity contribution in [1.29, 1.82) is 0 Å². The topological polar surface area (TPSA) is 15.7 Å². The number of rotatable bonds is 9. The summed E-state index contributed by atoms with van der Waals surface area (Å²) in [5, 5.41) is 0. The summed E-state index contributed by atoms with van der Waals surface area (Å²) < 4.78 is 5.76. The largest absolute Gasteiger partial charge is 0.380 e. The van der Waals surface area contributed by atoms with E-state index in [1.807, 2.05) is 0 Å². The van der Waals surface area contributed by atoms with Gasteiger partial charge in [0.1, 0.15) is 0 Å². The van der Waals surface area contributed by atoms with E-state index in [1.165, 1.54) is 17.5 Å². The van der Waals surface area contributed by atoms with Crippen LogP contribution in [0.3, 0.4) is 0 Å². The SMILES string of the molecule is CC(C)CCOCCN1CCN(Cc2ccc(CC(C)(C)C)cc2)CC1. The van der Waals surface area contributed by atoms with Crippen molar-refractivity contribution in [2.45, 2.75) is 54.0 Å². The van der Waals surface area contributed by atoms with Gasteiger partial charge in [-0.3, -0.25) is 9.80 Å². The summed E-state index contributed by atoms with van der Waals surface area (Å²) >= 11 is 0. The number of hydrogen-bond acceptors (Lipinski definition) is 3. The molecule has 148 valence electrons. The Morgan fingerprint density at radius 1 is 0.885 bits per heavy atom. The average Bonchev–Trinajstić information content (AvgIpc) is 2.56. The van der Waals surface area contributed by atoms with E-state index in [9.17, 15) is 0 Å². The van der Waals surface area contributed by atoms with E-state index >= 15 is 0 Å². The molecule has 0 radical (unpaired) electrons. The van der Waals surface area contributed by atoms with Crippen molar-refractivity contribution in [1.82, 2.24) is 9.80 Å². The molecule has 0 aromatic heterocycles. The summed E-state index contributed by atoms with van der Waals surface area (Å²) in [6.45, 7) is 20.0. The lowest BCUT2D eigenvalue weighted by molar-refractivity contribution is 0.0695. The summed E-state index contributed by atoms with van der Waals surface area (Å²) in [5.74, 6) is 0.737. The lowest BCUT2D eigenvalue weighted by Gasteiger charge is -2.34. The van der Waals surface area contributed by atoms with E-state index in [0.717, 1.165) is 64.8 Å². The van der Waals surface area contributed by atoms with Crippen LogP contribution in [0, 0.1) is 11.3 Å². The Kier molecular flexibility index (Phi) is 8.59. The summed E-state index contributed by atoms with van der Waals surface area (Å²) in [5.41, 5.74) is 3.24. The van der Waals surface area contributed by atoms with E-state index in [0.29, 0.717) is 5.41 Å². The second kappa shape index (κ2) is 10.4. The standard InChI is InChI=1S/C23H40N2O/c1-20(2)10-16-26-17-15-24-11-13-25(14-12-24)19-22-8-6-21(7-9-22)18-23(3,4)5/h6-9,20H,10-19H2,1-5H3. The Hall–Kier alpha value is -0.900. The first-order chi connectivity index (χ1) is 12.3. The normalized spacial score (nSPS) is 17.2. The average molecular weight is 361 g/mol. The highest BCUT2D eigenvalue weighted by atomic mass is 16.5. The number of ether oxygens (including phenoxy) is 1. The van der Waals surface area contributed by atoms with Gasteiger partial charge in [0.05, 0.1) is 6.61 Å². The maximum Gasteiger partial charge on any atom is 0.0593 e. The molecule has 3 heteroatoms. The van der Waals surface area contributed by atoms with Gasteiger partial charge >= 0.3 is 0 Å². The van der Waals surface area contributed by atoms with Gasteiger partial charge in [0.25, 0.3) is 0 Å². The monoisotopic (exact) mass is 360 g/mol. The lowest BCUT2D eigenvalue weighted by Crippen LogP contribution is -2.46. The maximum absolute atomic E-state index is 5.76. The molecule has 1 aliphatic rings. The number of piperazine rings is 1. The molecule has 0 amide bonds. The van der Waals surface area contributed by atoms with Crippen LogP contribution in [0.5, 0.6) is 0 Å². The van der Waals surface area contributed by atoms with Crippen LogP contribution in [0.1, 0.15) is 52.2 Å². The molecule has 1 heterocycles. The van der Waals surface area contributed by atoms with Crippen LogP contribution >= 0.6 is 0 Å². The van der Waals surface area contributed by atoms with Gasteiger partial charge in [0.15, 0.2) is 0 Å². The molecular weight excluding hydrogens is 320 g/mol. The van der Waals surface area contributed by atoms with Crippen LogP contribution in [-0.4, -0.2) is 55.7 Å². The zero-order valence-corrected chi connectivity index (χ0v) is 17.8. The Morgan fingerprint density at radius 3 is 2.04 bits per heavy atom. The van der Waals surface area contributed by atoms with E-state index in [-0.39, 0.29) is 0 Å². The maximum atomic E-state index is 5.76. The van der Waals surface area contributed by atoms with Gasteiger partial charge in [-0.1, -0.05) is 58.9 Å². The molecule has 0 spiro atoms. The second-order valence-electron chi connectivity index (χ2n) is 9.47. The molecule has 1 aromatic rings. The van der Waals surface area contributed by atoms with E-state index in [2.05, 4.69) is 68.7 Å². The van der Waals surface area contributed by atoms with E-state index < -0.39 is 0 Å². The van der Waals surface area contributed by atoms with Gasteiger partial charge in [0, 0.05) is 45.9 Å². The fraction of sp³-hybridized carbons (Fsp3) is 0.739. The predicted octanol–water partition coefficient (Wildman–Crippen LogP) is 4.46. The van der Waals surface area contributed by atoms with Gasteiger partial charge in [-0.15, -0.1) is 0 Å². The van der Waals surface area contributed by atoms with E-state index in [1.54, 1.807) is 0 Å². The lowest BCUT2D eigenvalue weighted by atomic mass is 9.88. The molecule has 0 unspecified atom stereocenters. The third-order valence-corrected chi connectivity index (χ3v) is 5.02. The number of benzene rings is 1. The molecular formula is C23H40N2O. The van der Waals surface area contributed by atoms with Crippen LogP contribution in [0.25, 0.3) is 0 Å². The van der Waals surface area contributed by atoms with Gasteiger partial charge in [-0.25, -0.2) is 0 Å². The van der Waals surface area contributed by atoms with Gasteiger partial charge < -0.3 is 4.74 Å². The van der Waals surface area contributed by atoms with Gasteiger partial charge in [-0.05, 0) is 35.3 Å². The molecule has 1 saturated heterocycles. The highest BCUT2D eigenvalue weighted by Crippen LogP contribution is 2.21. The number of nitrogens with zero attached hydrogens (tertiary/aromatic N) is 2. The predicted molar refractivity (Wildman–Crippen MR) is 112 cm³/mol. The molecule has 2 rings (SSSR count). The van der Waals surface area contributed by atoms with Crippen LogP contribution in [-0.2, 0) is 17.7 Å². The first-order valence-corrected chi connectivity index (χ1v) is 10.4. The van der Waals surface area contributed by atoms with Crippen LogP contribution in [0.15, 0.2) is 24.3 Å². The van der Waals surface area contributed by atoms with Crippen molar-refractivity contribution in [3.05, 3.63) is 35.4 Å². The van der Waals surface area contributed by atoms with Crippen molar-refractivity contribution in [3.8, 4) is 0 Å². The van der Waals surface area contributed by atoms with Crippen molar-refractivity contribution in [2.75, 3.05) is 45.9 Å². The Balaban J connectivity index is 1.64. The second-order valence-corrected chi connectivity index (χ2v) is 9.47.